The molecule has 3 heteroatoms. The number of methoxy groups -OCH3 is 2. The molecule has 0 bridgehead atoms. The Labute approximate surface area is 96.0 Å². The zero-order valence-corrected chi connectivity index (χ0v) is 9.93. The molecule has 88 valence electrons. The van der Waals surface area contributed by atoms with E-state index in [0.717, 1.165) is 17.9 Å². The first-order chi connectivity index (χ1) is 7.67. The van der Waals surface area contributed by atoms with Gasteiger partial charge < -0.3 is 14.6 Å². The molecule has 1 saturated carbocycles. The molecule has 3 nitrogen and oxygen atoms in total. The van der Waals surface area contributed by atoms with Crippen molar-refractivity contribution in [2.75, 3.05) is 14.2 Å². The van der Waals surface area contributed by atoms with E-state index in [1.807, 2.05) is 19.1 Å². The molecule has 3 unspecified atom stereocenters. The summed E-state index contributed by atoms with van der Waals surface area (Å²) in [7, 11) is 3.27. The summed E-state index contributed by atoms with van der Waals surface area (Å²) >= 11 is 0. The highest BCUT2D eigenvalue weighted by Crippen LogP contribution is 2.50. The van der Waals surface area contributed by atoms with Crippen molar-refractivity contribution in [1.82, 2.24) is 0 Å². The van der Waals surface area contributed by atoms with Crippen LogP contribution in [0.4, 0.5) is 0 Å². The van der Waals surface area contributed by atoms with Gasteiger partial charge in [0, 0.05) is 0 Å². The highest BCUT2D eigenvalue weighted by Gasteiger charge is 2.41. The Morgan fingerprint density at radius 2 is 1.94 bits per heavy atom. The maximum atomic E-state index is 9.50. The normalized spacial score (nSPS) is 25.0. The fourth-order valence-electron chi connectivity index (χ4n) is 2.21. The predicted octanol–water partition coefficient (Wildman–Crippen LogP) is 2.19. The maximum absolute atomic E-state index is 9.50. The molecule has 3 atom stereocenters. The first-order valence-electron chi connectivity index (χ1n) is 5.57. The van der Waals surface area contributed by atoms with E-state index in [4.69, 9.17) is 9.47 Å². The van der Waals surface area contributed by atoms with Crippen LogP contribution >= 0.6 is 0 Å². The van der Waals surface area contributed by atoms with E-state index < -0.39 is 0 Å². The third-order valence-corrected chi connectivity index (χ3v) is 3.30. The van der Waals surface area contributed by atoms with Gasteiger partial charge in [0.2, 0.25) is 0 Å². The number of ether oxygens (including phenoxy) is 2. The fraction of sp³-hybridized carbons (Fsp3) is 0.538. The lowest BCUT2D eigenvalue weighted by molar-refractivity contribution is 0.169. The number of hydrogen-bond acceptors (Lipinski definition) is 3. The first kappa shape index (κ1) is 11.3. The van der Waals surface area contributed by atoms with E-state index in [9.17, 15) is 5.11 Å². The van der Waals surface area contributed by atoms with E-state index in [0.29, 0.717) is 11.8 Å². The van der Waals surface area contributed by atoms with Crippen LogP contribution in [0.1, 0.15) is 24.8 Å². The maximum Gasteiger partial charge on any atom is 0.160 e. The number of aliphatic hydroxyl groups excluding tert-OH is 1. The lowest BCUT2D eigenvalue weighted by Crippen LogP contribution is -2.03. The second kappa shape index (κ2) is 4.34. The molecular weight excluding hydrogens is 204 g/mol. The van der Waals surface area contributed by atoms with Gasteiger partial charge in [-0.15, -0.1) is 0 Å². The van der Waals surface area contributed by atoms with Gasteiger partial charge in [0.15, 0.2) is 11.5 Å². The largest absolute Gasteiger partial charge is 0.493 e. The minimum absolute atomic E-state index is 0.224. The summed E-state index contributed by atoms with van der Waals surface area (Å²) in [6, 6.07) is 5.98. The van der Waals surface area contributed by atoms with E-state index in [2.05, 4.69) is 6.07 Å². The van der Waals surface area contributed by atoms with Gasteiger partial charge in [0.25, 0.3) is 0 Å². The zero-order chi connectivity index (χ0) is 11.7. The Balaban J connectivity index is 2.18. The smallest absolute Gasteiger partial charge is 0.160 e. The van der Waals surface area contributed by atoms with Gasteiger partial charge in [0.05, 0.1) is 20.3 Å². The van der Waals surface area contributed by atoms with E-state index in [1.165, 1.54) is 5.56 Å². The lowest BCUT2D eigenvalue weighted by atomic mass is 10.1. The monoisotopic (exact) mass is 222 g/mol. The molecule has 16 heavy (non-hydrogen) atoms. The van der Waals surface area contributed by atoms with Crippen molar-refractivity contribution in [3.8, 4) is 11.5 Å². The van der Waals surface area contributed by atoms with Crippen molar-refractivity contribution in [3.63, 3.8) is 0 Å². The second-order valence-corrected chi connectivity index (χ2v) is 4.36. The summed E-state index contributed by atoms with van der Waals surface area (Å²) < 4.78 is 10.5. The van der Waals surface area contributed by atoms with Crippen LogP contribution in [0.2, 0.25) is 0 Å². The number of benzene rings is 1. The Kier molecular flexibility index (Phi) is 3.06. The molecule has 0 spiro atoms. The minimum Gasteiger partial charge on any atom is -0.493 e. The van der Waals surface area contributed by atoms with E-state index in [-0.39, 0.29) is 6.10 Å². The van der Waals surface area contributed by atoms with Gasteiger partial charge in [-0.2, -0.15) is 0 Å². The van der Waals surface area contributed by atoms with Gasteiger partial charge in [0.1, 0.15) is 0 Å². The molecule has 1 aliphatic rings. The number of rotatable bonds is 4. The molecule has 1 aliphatic carbocycles. The summed E-state index contributed by atoms with van der Waals surface area (Å²) in [5.74, 6) is 2.38. The van der Waals surface area contributed by atoms with Crippen LogP contribution in [0, 0.1) is 5.92 Å². The molecular formula is C13H18O3. The van der Waals surface area contributed by atoms with Gasteiger partial charge >= 0.3 is 0 Å². The average Bonchev–Trinajstić information content (AvgIpc) is 3.08. The van der Waals surface area contributed by atoms with Crippen molar-refractivity contribution in [2.45, 2.75) is 25.4 Å². The third-order valence-electron chi connectivity index (χ3n) is 3.30. The van der Waals surface area contributed by atoms with Crippen LogP contribution in [0.3, 0.4) is 0 Å². The minimum atomic E-state index is -0.224. The van der Waals surface area contributed by atoms with Crippen LogP contribution in [-0.4, -0.2) is 25.4 Å². The average molecular weight is 222 g/mol. The van der Waals surface area contributed by atoms with Crippen LogP contribution in [0.25, 0.3) is 0 Å². The number of hydrogen-bond donors (Lipinski definition) is 1. The van der Waals surface area contributed by atoms with Crippen LogP contribution in [0.5, 0.6) is 11.5 Å². The Hall–Kier alpha value is -1.22. The molecule has 1 N–H and O–H groups in total. The first-order valence-corrected chi connectivity index (χ1v) is 5.57. The molecule has 0 saturated heterocycles. The Morgan fingerprint density at radius 3 is 2.44 bits per heavy atom. The standard InChI is InChI=1S/C13H18O3/c1-8(14)10-7-11(10)9-4-5-12(15-2)13(6-9)16-3/h4-6,8,10-11,14H,7H2,1-3H3. The van der Waals surface area contributed by atoms with Crippen LogP contribution < -0.4 is 9.47 Å². The summed E-state index contributed by atoms with van der Waals surface area (Å²) in [5.41, 5.74) is 1.23. The topological polar surface area (TPSA) is 38.7 Å². The fourth-order valence-corrected chi connectivity index (χ4v) is 2.21. The van der Waals surface area contributed by atoms with E-state index in [1.54, 1.807) is 14.2 Å². The summed E-state index contributed by atoms with van der Waals surface area (Å²) in [5, 5.41) is 9.50. The van der Waals surface area contributed by atoms with E-state index >= 15 is 0 Å². The molecule has 0 heterocycles. The molecule has 1 fully saturated rings. The summed E-state index contributed by atoms with van der Waals surface area (Å²) in [6.07, 6.45) is 0.839. The van der Waals surface area contributed by atoms with Crippen LogP contribution in [0.15, 0.2) is 18.2 Å². The molecule has 0 aromatic heterocycles. The van der Waals surface area contributed by atoms with Gasteiger partial charge in [-0.1, -0.05) is 6.07 Å². The highest BCUT2D eigenvalue weighted by molar-refractivity contribution is 5.45. The van der Waals surface area contributed by atoms with Gasteiger partial charge in [-0.05, 0) is 42.9 Å². The molecule has 2 rings (SSSR count). The molecule has 0 aliphatic heterocycles. The molecule has 1 aromatic carbocycles. The predicted molar refractivity (Wildman–Crippen MR) is 62.1 cm³/mol. The Bertz CT molecular complexity index is 373. The van der Waals surface area contributed by atoms with Gasteiger partial charge in [-0.3, -0.25) is 0 Å². The van der Waals surface area contributed by atoms with Crippen molar-refractivity contribution in [2.24, 2.45) is 5.92 Å². The highest BCUT2D eigenvalue weighted by atomic mass is 16.5. The SMILES string of the molecule is COc1ccc(C2CC2C(C)O)cc1OC. The quantitative estimate of drug-likeness (QED) is 0.848. The summed E-state index contributed by atoms with van der Waals surface area (Å²) in [6.45, 7) is 1.85. The van der Waals surface area contributed by atoms with Crippen molar-refractivity contribution in [3.05, 3.63) is 23.8 Å². The van der Waals surface area contributed by atoms with Gasteiger partial charge in [-0.25, -0.2) is 0 Å². The van der Waals surface area contributed by atoms with Crippen molar-refractivity contribution in [1.29, 1.82) is 0 Å². The van der Waals surface area contributed by atoms with Crippen LogP contribution in [-0.2, 0) is 0 Å². The molecule has 0 amide bonds. The lowest BCUT2D eigenvalue weighted by Gasteiger charge is -2.09. The molecule has 1 aromatic rings. The summed E-state index contributed by atoms with van der Waals surface area (Å²) in [4.78, 5) is 0. The Morgan fingerprint density at radius 1 is 1.25 bits per heavy atom. The zero-order valence-electron chi connectivity index (χ0n) is 9.93. The molecule has 0 radical (unpaired) electrons. The number of aliphatic hydroxyl groups is 1. The third kappa shape index (κ3) is 2.00. The van der Waals surface area contributed by atoms with Crippen molar-refractivity contribution >= 4 is 0 Å². The second-order valence-electron chi connectivity index (χ2n) is 4.36. The van der Waals surface area contributed by atoms with Crippen molar-refractivity contribution < 1.29 is 14.6 Å².